The molecular weight excluding hydrogens is 195 g/mol. The molecule has 0 amide bonds. The van der Waals surface area contributed by atoms with Gasteiger partial charge in [-0.05, 0) is 6.04 Å². The lowest BCUT2D eigenvalue weighted by Crippen LogP contribution is -2.14. The Kier molecular flexibility index (Phi) is 3.98. The van der Waals surface area contributed by atoms with E-state index in [0.717, 1.165) is 15.6 Å². The highest BCUT2D eigenvalue weighted by molar-refractivity contribution is 6.58. The first-order valence-electron chi connectivity index (χ1n) is 3.36. The van der Waals surface area contributed by atoms with Gasteiger partial charge in [-0.25, -0.2) is 0 Å². The third kappa shape index (κ3) is 3.80. The summed E-state index contributed by atoms with van der Waals surface area (Å²) in [7, 11) is 0.721. The maximum Gasteiger partial charge on any atom is 0.105 e. The fraction of sp³-hybridized carbons (Fsp3) is 0.250. The van der Waals surface area contributed by atoms with E-state index in [1.165, 1.54) is 5.19 Å². The van der Waals surface area contributed by atoms with Crippen LogP contribution in [0.1, 0.15) is 0 Å². The lowest BCUT2D eigenvalue weighted by molar-refractivity contribution is 1.36. The van der Waals surface area contributed by atoms with Gasteiger partial charge in [-0.1, -0.05) is 35.5 Å². The molecule has 1 aromatic carbocycles. The lowest BCUT2D eigenvalue weighted by atomic mass is 10.4. The SMILES string of the molecule is ClC(Cl)C[Si]c1ccccc1. The monoisotopic (exact) mass is 202 g/mol. The second-order valence-corrected chi connectivity index (χ2v) is 4.75. The minimum absolute atomic E-state index is 0.228. The van der Waals surface area contributed by atoms with Crippen molar-refractivity contribution in [1.82, 2.24) is 0 Å². The molecule has 1 rings (SSSR count). The second kappa shape index (κ2) is 4.81. The molecule has 0 saturated heterocycles. The van der Waals surface area contributed by atoms with E-state index in [-0.39, 0.29) is 4.84 Å². The summed E-state index contributed by atoms with van der Waals surface area (Å²) in [6, 6.07) is 11.1. The number of alkyl halides is 2. The predicted molar refractivity (Wildman–Crippen MR) is 52.1 cm³/mol. The fourth-order valence-corrected chi connectivity index (χ4v) is 2.03. The van der Waals surface area contributed by atoms with E-state index in [4.69, 9.17) is 23.2 Å². The summed E-state index contributed by atoms with van der Waals surface area (Å²) in [5.41, 5.74) is 0. The van der Waals surface area contributed by atoms with E-state index in [1.807, 2.05) is 18.2 Å². The molecule has 0 aliphatic heterocycles. The summed E-state index contributed by atoms with van der Waals surface area (Å²) >= 11 is 11.2. The molecule has 0 aliphatic rings. The Bertz CT molecular complexity index is 199. The Morgan fingerprint density at radius 1 is 1.18 bits per heavy atom. The molecule has 0 aromatic heterocycles. The normalized spacial score (nSPS) is 10.5. The van der Waals surface area contributed by atoms with Gasteiger partial charge in [0, 0.05) is 0 Å². The zero-order chi connectivity index (χ0) is 8.10. The van der Waals surface area contributed by atoms with Crippen LogP contribution in [0.5, 0.6) is 0 Å². The fourth-order valence-electron chi connectivity index (χ4n) is 0.751. The number of rotatable bonds is 3. The Balaban J connectivity index is 2.39. The summed E-state index contributed by atoms with van der Waals surface area (Å²) in [4.78, 5) is -0.228. The third-order valence-electron chi connectivity index (χ3n) is 1.23. The van der Waals surface area contributed by atoms with Crippen molar-refractivity contribution in [3.05, 3.63) is 30.3 Å². The van der Waals surface area contributed by atoms with E-state index >= 15 is 0 Å². The van der Waals surface area contributed by atoms with E-state index in [2.05, 4.69) is 12.1 Å². The van der Waals surface area contributed by atoms with E-state index in [1.54, 1.807) is 0 Å². The van der Waals surface area contributed by atoms with Gasteiger partial charge in [-0.2, -0.15) is 0 Å². The molecule has 0 N–H and O–H groups in total. The van der Waals surface area contributed by atoms with Crippen LogP contribution in [0, 0.1) is 0 Å². The van der Waals surface area contributed by atoms with Crippen LogP contribution in [-0.4, -0.2) is 14.4 Å². The first-order valence-corrected chi connectivity index (χ1v) is 5.44. The molecular formula is C8H8Cl2Si. The molecule has 0 nitrogen and oxygen atoms in total. The molecule has 0 saturated carbocycles. The zero-order valence-electron chi connectivity index (χ0n) is 5.93. The molecule has 0 aliphatic carbocycles. The van der Waals surface area contributed by atoms with Crippen molar-refractivity contribution >= 4 is 37.9 Å². The van der Waals surface area contributed by atoms with Crippen LogP contribution in [-0.2, 0) is 0 Å². The maximum atomic E-state index is 5.60. The van der Waals surface area contributed by atoms with Crippen LogP contribution < -0.4 is 5.19 Å². The predicted octanol–water partition coefficient (Wildman–Crippen LogP) is 2.24. The van der Waals surface area contributed by atoms with Gasteiger partial charge < -0.3 is 0 Å². The van der Waals surface area contributed by atoms with Crippen LogP contribution in [0.15, 0.2) is 30.3 Å². The molecule has 3 heteroatoms. The smallest absolute Gasteiger partial charge is 0.105 e. The Hall–Kier alpha value is 0.0169. The van der Waals surface area contributed by atoms with Gasteiger partial charge in [0.05, 0.1) is 9.52 Å². The van der Waals surface area contributed by atoms with Crippen molar-refractivity contribution in [2.24, 2.45) is 0 Å². The summed E-state index contributed by atoms with van der Waals surface area (Å²) in [6.45, 7) is 0. The lowest BCUT2D eigenvalue weighted by Gasteiger charge is -1.98. The molecule has 0 atom stereocenters. The third-order valence-corrected chi connectivity index (χ3v) is 3.41. The molecule has 0 unspecified atom stereocenters. The highest BCUT2D eigenvalue weighted by Crippen LogP contribution is 2.05. The van der Waals surface area contributed by atoms with Gasteiger partial charge in [-0.3, -0.25) is 0 Å². The number of benzene rings is 1. The van der Waals surface area contributed by atoms with Gasteiger partial charge >= 0.3 is 0 Å². The standard InChI is InChI=1S/C8H8Cl2Si/c9-8(10)6-11-7-4-2-1-3-5-7/h1-5,8H,6H2. The van der Waals surface area contributed by atoms with Crippen molar-refractivity contribution in [3.8, 4) is 0 Å². The van der Waals surface area contributed by atoms with Crippen molar-refractivity contribution in [3.63, 3.8) is 0 Å². The summed E-state index contributed by atoms with van der Waals surface area (Å²) in [6.07, 6.45) is 0. The number of hydrogen-bond donors (Lipinski definition) is 0. The highest BCUT2D eigenvalue weighted by Gasteiger charge is 1.99. The van der Waals surface area contributed by atoms with Crippen molar-refractivity contribution in [2.45, 2.75) is 10.9 Å². The van der Waals surface area contributed by atoms with Crippen molar-refractivity contribution in [2.75, 3.05) is 0 Å². The summed E-state index contributed by atoms with van der Waals surface area (Å²) < 4.78 is 0. The molecule has 0 heterocycles. The molecule has 11 heavy (non-hydrogen) atoms. The van der Waals surface area contributed by atoms with Gasteiger partial charge in [0.2, 0.25) is 0 Å². The molecule has 58 valence electrons. The Labute approximate surface area is 79.3 Å². The minimum Gasteiger partial charge on any atom is -0.106 e. The quantitative estimate of drug-likeness (QED) is 0.522. The summed E-state index contributed by atoms with van der Waals surface area (Å²) in [5.74, 6) is 0. The Morgan fingerprint density at radius 2 is 1.82 bits per heavy atom. The van der Waals surface area contributed by atoms with Crippen LogP contribution in [0.25, 0.3) is 0 Å². The van der Waals surface area contributed by atoms with E-state index in [9.17, 15) is 0 Å². The van der Waals surface area contributed by atoms with Gasteiger partial charge in [-0.15, -0.1) is 23.2 Å². The molecule has 0 spiro atoms. The second-order valence-electron chi connectivity index (χ2n) is 2.14. The average molecular weight is 203 g/mol. The highest BCUT2D eigenvalue weighted by atomic mass is 35.5. The van der Waals surface area contributed by atoms with Crippen LogP contribution in [0.2, 0.25) is 6.04 Å². The molecule has 2 radical (unpaired) electrons. The van der Waals surface area contributed by atoms with Crippen LogP contribution in [0.3, 0.4) is 0 Å². The van der Waals surface area contributed by atoms with Gasteiger partial charge in [0.1, 0.15) is 4.84 Å². The van der Waals surface area contributed by atoms with Gasteiger partial charge in [0.15, 0.2) is 0 Å². The molecule has 0 fully saturated rings. The van der Waals surface area contributed by atoms with Crippen LogP contribution in [0.4, 0.5) is 0 Å². The Morgan fingerprint density at radius 3 is 2.36 bits per heavy atom. The first kappa shape index (κ1) is 9.11. The largest absolute Gasteiger partial charge is 0.106 e. The van der Waals surface area contributed by atoms with Crippen molar-refractivity contribution < 1.29 is 0 Å². The molecule has 0 bridgehead atoms. The van der Waals surface area contributed by atoms with Crippen molar-refractivity contribution in [1.29, 1.82) is 0 Å². The van der Waals surface area contributed by atoms with E-state index < -0.39 is 0 Å². The minimum atomic E-state index is -0.228. The molecule has 1 aromatic rings. The van der Waals surface area contributed by atoms with Gasteiger partial charge in [0.25, 0.3) is 0 Å². The van der Waals surface area contributed by atoms with Crippen LogP contribution >= 0.6 is 23.2 Å². The number of hydrogen-bond acceptors (Lipinski definition) is 0. The van der Waals surface area contributed by atoms with E-state index in [0.29, 0.717) is 0 Å². The maximum absolute atomic E-state index is 5.60. The number of halogens is 2. The summed E-state index contributed by atoms with van der Waals surface area (Å²) in [5, 5.41) is 1.32. The zero-order valence-corrected chi connectivity index (χ0v) is 8.44. The average Bonchev–Trinajstić information content (AvgIpc) is 2.03. The topological polar surface area (TPSA) is 0 Å². The first-order chi connectivity index (χ1) is 5.29.